The van der Waals surface area contributed by atoms with E-state index in [9.17, 15) is 0 Å². The number of nitrogens with zero attached hydrogens (tertiary/aromatic N) is 3. The third-order valence-corrected chi connectivity index (χ3v) is 3.00. The van der Waals surface area contributed by atoms with Crippen LogP contribution in [-0.2, 0) is 0 Å². The first kappa shape index (κ1) is 12.4. The van der Waals surface area contributed by atoms with Crippen LogP contribution in [0.5, 0.6) is 0 Å². The van der Waals surface area contributed by atoms with Crippen molar-refractivity contribution in [1.82, 2.24) is 10.3 Å². The lowest BCUT2D eigenvalue weighted by atomic mass is 10.2. The molecule has 0 fully saturated rings. The van der Waals surface area contributed by atoms with Crippen LogP contribution in [0.15, 0.2) is 35.3 Å². The van der Waals surface area contributed by atoms with E-state index in [0.717, 1.165) is 22.3 Å². The second-order valence-corrected chi connectivity index (χ2v) is 4.45. The number of nitrogens with one attached hydrogen (secondary N) is 1. The number of hydrogen-bond acceptors (Lipinski definition) is 4. The van der Waals surface area contributed by atoms with Gasteiger partial charge in [0, 0.05) is 11.1 Å². The van der Waals surface area contributed by atoms with Crippen molar-refractivity contribution in [3.8, 4) is 6.19 Å². The number of thioether (sulfide) groups is 1. The van der Waals surface area contributed by atoms with E-state index in [0.29, 0.717) is 5.17 Å². The molecule has 18 heavy (non-hydrogen) atoms. The zero-order valence-corrected chi connectivity index (χ0v) is 11.0. The van der Waals surface area contributed by atoms with Gasteiger partial charge in [-0.25, -0.2) is 4.99 Å². The molecule has 0 atom stereocenters. The first-order valence-electron chi connectivity index (χ1n) is 5.39. The fourth-order valence-corrected chi connectivity index (χ4v) is 1.94. The van der Waals surface area contributed by atoms with E-state index in [2.05, 4.69) is 15.3 Å². The molecule has 1 aromatic carbocycles. The minimum absolute atomic E-state index is 0.563. The number of rotatable bonds is 1. The highest BCUT2D eigenvalue weighted by atomic mass is 32.2. The Balaban J connectivity index is 2.57. The van der Waals surface area contributed by atoms with Crippen molar-refractivity contribution in [3.63, 3.8) is 0 Å². The summed E-state index contributed by atoms with van der Waals surface area (Å²) in [5.41, 5.74) is 2.57. The number of aryl methyl sites for hydroxylation is 1. The Hall–Kier alpha value is -2.06. The third-order valence-electron chi connectivity index (χ3n) is 2.42. The van der Waals surface area contributed by atoms with Crippen molar-refractivity contribution in [2.75, 3.05) is 6.26 Å². The Morgan fingerprint density at radius 3 is 2.94 bits per heavy atom. The van der Waals surface area contributed by atoms with Crippen LogP contribution >= 0.6 is 11.8 Å². The number of benzene rings is 1. The molecule has 0 aliphatic carbocycles. The molecular formula is C13H12N4S. The maximum Gasteiger partial charge on any atom is 0.183 e. The molecule has 0 aliphatic rings. The number of hydrogen-bond donors (Lipinski definition) is 1. The third kappa shape index (κ3) is 2.60. The first-order valence-corrected chi connectivity index (χ1v) is 6.61. The molecule has 1 heterocycles. The summed E-state index contributed by atoms with van der Waals surface area (Å²) in [6.07, 6.45) is 3.74. The van der Waals surface area contributed by atoms with Crippen molar-refractivity contribution in [1.29, 1.82) is 5.26 Å². The van der Waals surface area contributed by atoms with Gasteiger partial charge in [0.05, 0.1) is 11.2 Å². The van der Waals surface area contributed by atoms with Gasteiger partial charge in [0.1, 0.15) is 0 Å². The van der Waals surface area contributed by atoms with Crippen molar-refractivity contribution in [2.24, 2.45) is 4.99 Å². The van der Waals surface area contributed by atoms with Crippen LogP contribution < -0.4 is 5.32 Å². The number of para-hydroxylation sites is 1. The van der Waals surface area contributed by atoms with Gasteiger partial charge in [-0.15, -0.1) is 0 Å². The Morgan fingerprint density at radius 2 is 2.22 bits per heavy atom. The van der Waals surface area contributed by atoms with Crippen LogP contribution in [0.3, 0.4) is 0 Å². The molecule has 90 valence electrons. The zero-order chi connectivity index (χ0) is 13.0. The van der Waals surface area contributed by atoms with E-state index >= 15 is 0 Å². The van der Waals surface area contributed by atoms with E-state index in [1.54, 1.807) is 0 Å². The van der Waals surface area contributed by atoms with Crippen LogP contribution in [0, 0.1) is 18.4 Å². The Kier molecular flexibility index (Phi) is 3.80. The van der Waals surface area contributed by atoms with Gasteiger partial charge in [0.25, 0.3) is 0 Å². The van der Waals surface area contributed by atoms with Gasteiger partial charge in [-0.3, -0.25) is 10.3 Å². The number of aliphatic imine (C=N–C) groups is 1. The summed E-state index contributed by atoms with van der Waals surface area (Å²) in [4.78, 5) is 8.92. The minimum Gasteiger partial charge on any atom is -0.271 e. The van der Waals surface area contributed by atoms with Crippen LogP contribution in [0.1, 0.15) is 5.69 Å². The lowest BCUT2D eigenvalue weighted by Crippen LogP contribution is -2.12. The van der Waals surface area contributed by atoms with Crippen molar-refractivity contribution < 1.29 is 0 Å². The van der Waals surface area contributed by atoms with Gasteiger partial charge in [-0.2, -0.15) is 5.26 Å². The fourth-order valence-electron chi connectivity index (χ4n) is 1.60. The van der Waals surface area contributed by atoms with E-state index < -0.39 is 0 Å². The predicted molar refractivity (Wildman–Crippen MR) is 75.8 cm³/mol. The Bertz CT molecular complexity index is 643. The molecule has 5 heteroatoms. The molecule has 2 rings (SSSR count). The molecule has 0 bridgehead atoms. The quantitative estimate of drug-likeness (QED) is 0.369. The summed E-state index contributed by atoms with van der Waals surface area (Å²) in [5.74, 6) is 0. The highest BCUT2D eigenvalue weighted by Gasteiger charge is 2.03. The van der Waals surface area contributed by atoms with Crippen LogP contribution in [0.25, 0.3) is 10.9 Å². The van der Waals surface area contributed by atoms with Gasteiger partial charge < -0.3 is 0 Å². The van der Waals surface area contributed by atoms with Crippen molar-refractivity contribution in [2.45, 2.75) is 6.92 Å². The van der Waals surface area contributed by atoms with Gasteiger partial charge in [0.2, 0.25) is 0 Å². The van der Waals surface area contributed by atoms with Crippen molar-refractivity contribution in [3.05, 3.63) is 36.0 Å². The summed E-state index contributed by atoms with van der Waals surface area (Å²) in [6, 6.07) is 9.82. The number of fused-ring (bicyclic) bond motifs is 1. The highest BCUT2D eigenvalue weighted by molar-refractivity contribution is 8.13. The molecule has 1 aromatic heterocycles. The summed E-state index contributed by atoms with van der Waals surface area (Å²) >= 11 is 1.39. The highest BCUT2D eigenvalue weighted by Crippen LogP contribution is 2.25. The topological polar surface area (TPSA) is 61.1 Å². The first-order chi connectivity index (χ1) is 8.74. The van der Waals surface area contributed by atoms with Crippen molar-refractivity contribution >= 4 is 33.5 Å². The maximum atomic E-state index is 8.63. The number of aromatic nitrogens is 1. The monoisotopic (exact) mass is 256 g/mol. The normalized spacial score (nSPS) is 11.3. The average molecular weight is 256 g/mol. The molecule has 2 aromatic rings. The van der Waals surface area contributed by atoms with Gasteiger partial charge in [-0.05, 0) is 25.3 Å². The molecule has 4 nitrogen and oxygen atoms in total. The van der Waals surface area contributed by atoms with Gasteiger partial charge in [-0.1, -0.05) is 30.0 Å². The second kappa shape index (κ2) is 5.52. The van der Waals surface area contributed by atoms with E-state index in [-0.39, 0.29) is 0 Å². The fraction of sp³-hybridized carbons (Fsp3) is 0.154. The molecule has 0 saturated heterocycles. The molecule has 0 aliphatic heterocycles. The van der Waals surface area contributed by atoms with Gasteiger partial charge in [0.15, 0.2) is 11.4 Å². The van der Waals surface area contributed by atoms with E-state index in [4.69, 9.17) is 5.26 Å². The molecule has 1 N–H and O–H groups in total. The number of pyridine rings is 1. The molecule has 0 unspecified atom stereocenters. The SMILES string of the molecule is CSC(=Nc1cccc2ccc(C)nc12)NC#N. The largest absolute Gasteiger partial charge is 0.271 e. The lowest BCUT2D eigenvalue weighted by Gasteiger charge is -2.04. The van der Waals surface area contributed by atoms with E-state index in [1.165, 1.54) is 11.8 Å². The molecule has 0 amide bonds. The standard InChI is InChI=1S/C13H12N4S/c1-9-6-7-10-4-3-5-11(12(10)16-9)17-13(18-2)15-8-14/h3-7H,1-2H3,(H,15,17). The lowest BCUT2D eigenvalue weighted by molar-refractivity contribution is 1.24. The molecular weight excluding hydrogens is 244 g/mol. The predicted octanol–water partition coefficient (Wildman–Crippen LogP) is 2.96. The van der Waals surface area contributed by atoms with Gasteiger partial charge >= 0.3 is 0 Å². The molecule has 0 spiro atoms. The van der Waals surface area contributed by atoms with Crippen LogP contribution in [0.4, 0.5) is 5.69 Å². The Labute approximate surface area is 110 Å². The summed E-state index contributed by atoms with van der Waals surface area (Å²) < 4.78 is 0. The molecule has 0 saturated carbocycles. The second-order valence-electron chi connectivity index (χ2n) is 3.66. The minimum atomic E-state index is 0.563. The van der Waals surface area contributed by atoms with Crippen LogP contribution in [0.2, 0.25) is 0 Å². The maximum absolute atomic E-state index is 8.63. The Morgan fingerprint density at radius 1 is 1.39 bits per heavy atom. The summed E-state index contributed by atoms with van der Waals surface area (Å²) in [6.45, 7) is 1.95. The average Bonchev–Trinajstić information content (AvgIpc) is 2.38. The smallest absolute Gasteiger partial charge is 0.183 e. The van der Waals surface area contributed by atoms with Crippen LogP contribution in [-0.4, -0.2) is 16.4 Å². The number of amidine groups is 1. The number of nitriles is 1. The zero-order valence-electron chi connectivity index (χ0n) is 10.1. The summed E-state index contributed by atoms with van der Waals surface area (Å²) in [7, 11) is 0. The summed E-state index contributed by atoms with van der Waals surface area (Å²) in [5, 5.41) is 12.8. The molecule has 0 radical (unpaired) electrons. The van der Waals surface area contributed by atoms with E-state index in [1.807, 2.05) is 49.7 Å².